The molecule has 21 heavy (non-hydrogen) atoms. The summed E-state index contributed by atoms with van der Waals surface area (Å²) in [4.78, 5) is 0.370. The van der Waals surface area contributed by atoms with E-state index in [4.69, 9.17) is 4.74 Å². The van der Waals surface area contributed by atoms with Crippen molar-refractivity contribution >= 4 is 9.84 Å². The van der Waals surface area contributed by atoms with Crippen molar-refractivity contribution in [1.29, 1.82) is 0 Å². The van der Waals surface area contributed by atoms with E-state index in [9.17, 15) is 8.42 Å². The molecule has 0 fully saturated rings. The highest BCUT2D eigenvalue weighted by Crippen LogP contribution is 2.23. The van der Waals surface area contributed by atoms with Crippen molar-refractivity contribution in [3.05, 3.63) is 29.8 Å². The molecule has 1 atom stereocenters. The fraction of sp³-hybridized carbons (Fsp3) is 0.625. The van der Waals surface area contributed by atoms with Crippen LogP contribution in [0.2, 0.25) is 0 Å². The second kappa shape index (κ2) is 7.38. The van der Waals surface area contributed by atoms with Gasteiger partial charge < -0.3 is 10.1 Å². The molecule has 0 aliphatic carbocycles. The van der Waals surface area contributed by atoms with Crippen LogP contribution in [-0.4, -0.2) is 40.5 Å². The van der Waals surface area contributed by atoms with E-state index in [1.165, 1.54) is 0 Å². The maximum Gasteiger partial charge on any atom is 0.179 e. The Labute approximate surface area is 128 Å². The lowest BCUT2D eigenvalue weighted by Gasteiger charge is -2.20. The van der Waals surface area contributed by atoms with Crippen LogP contribution in [0.1, 0.15) is 33.3 Å². The zero-order valence-electron chi connectivity index (χ0n) is 13.6. The number of sulfone groups is 1. The maximum absolute atomic E-state index is 12.5. The highest BCUT2D eigenvalue weighted by molar-refractivity contribution is 7.91. The molecular weight excluding hydrogens is 286 g/mol. The number of likely N-dealkylation sites (N-methyl/N-ethyl adjacent to an activating group) is 1. The summed E-state index contributed by atoms with van der Waals surface area (Å²) in [6.45, 7) is 9.37. The molecule has 0 saturated heterocycles. The molecule has 0 radical (unpaired) electrons. The number of hydrogen-bond donors (Lipinski definition) is 1. The van der Waals surface area contributed by atoms with E-state index < -0.39 is 9.84 Å². The molecule has 1 unspecified atom stereocenters. The molecule has 0 spiro atoms. The van der Waals surface area contributed by atoms with Crippen LogP contribution in [0.25, 0.3) is 0 Å². The van der Waals surface area contributed by atoms with Crippen molar-refractivity contribution in [2.75, 3.05) is 26.0 Å². The quantitative estimate of drug-likeness (QED) is 0.840. The van der Waals surface area contributed by atoms with Gasteiger partial charge in [-0.3, -0.25) is 0 Å². The third kappa shape index (κ3) is 5.41. The van der Waals surface area contributed by atoms with Gasteiger partial charge in [0.05, 0.1) is 17.3 Å². The minimum atomic E-state index is -3.31. The van der Waals surface area contributed by atoms with Crippen LogP contribution < -0.4 is 5.32 Å². The molecule has 0 aliphatic heterocycles. The number of ether oxygens (including phenoxy) is 1. The number of nitrogens with one attached hydrogen (secondary N) is 1. The Balaban J connectivity index is 2.92. The zero-order chi connectivity index (χ0) is 16.1. The van der Waals surface area contributed by atoms with Crippen LogP contribution in [0, 0.1) is 0 Å². The average molecular weight is 313 g/mol. The first-order chi connectivity index (χ1) is 9.70. The monoisotopic (exact) mass is 313 g/mol. The molecule has 0 amide bonds. The smallest absolute Gasteiger partial charge is 0.179 e. The van der Waals surface area contributed by atoms with E-state index in [-0.39, 0.29) is 17.2 Å². The van der Waals surface area contributed by atoms with E-state index in [1.54, 1.807) is 19.2 Å². The van der Waals surface area contributed by atoms with Gasteiger partial charge in [-0.05, 0) is 29.7 Å². The summed E-state index contributed by atoms with van der Waals surface area (Å²) in [5.41, 5.74) is 1.14. The first-order valence-corrected chi connectivity index (χ1v) is 8.91. The Morgan fingerprint density at radius 3 is 2.19 bits per heavy atom. The molecule has 0 saturated carbocycles. The second-order valence-electron chi connectivity index (χ2n) is 6.27. The molecule has 0 heterocycles. The molecule has 1 aromatic rings. The molecule has 1 aromatic carbocycles. The van der Waals surface area contributed by atoms with Crippen molar-refractivity contribution in [1.82, 2.24) is 5.32 Å². The molecule has 4 nitrogen and oxygen atoms in total. The van der Waals surface area contributed by atoms with Crippen LogP contribution in [0.15, 0.2) is 29.2 Å². The van der Waals surface area contributed by atoms with Crippen molar-refractivity contribution in [3.8, 4) is 0 Å². The van der Waals surface area contributed by atoms with Crippen molar-refractivity contribution in [2.24, 2.45) is 0 Å². The van der Waals surface area contributed by atoms with E-state index in [0.29, 0.717) is 18.0 Å². The van der Waals surface area contributed by atoms with Crippen LogP contribution in [0.3, 0.4) is 0 Å². The van der Waals surface area contributed by atoms with E-state index in [0.717, 1.165) is 5.56 Å². The average Bonchev–Trinajstić information content (AvgIpc) is 2.38. The number of methoxy groups -OCH3 is 1. The lowest BCUT2D eigenvalue weighted by molar-refractivity contribution is 0.174. The van der Waals surface area contributed by atoms with Gasteiger partial charge in [-0.25, -0.2) is 8.42 Å². The number of hydrogen-bond acceptors (Lipinski definition) is 4. The summed E-state index contributed by atoms with van der Waals surface area (Å²) in [6, 6.07) is 7.00. The highest BCUT2D eigenvalue weighted by Gasteiger charge is 2.22. The van der Waals surface area contributed by atoms with Crippen molar-refractivity contribution in [3.63, 3.8) is 0 Å². The Bertz CT molecular complexity index is 524. The summed E-state index contributed by atoms with van der Waals surface area (Å²) in [5, 5.41) is 3.14. The Morgan fingerprint density at radius 2 is 1.76 bits per heavy atom. The summed E-state index contributed by atoms with van der Waals surface area (Å²) in [7, 11) is -1.73. The van der Waals surface area contributed by atoms with Crippen LogP contribution >= 0.6 is 0 Å². The molecule has 1 N–H and O–H groups in total. The van der Waals surface area contributed by atoms with Crippen LogP contribution in [-0.2, 0) is 20.0 Å². The van der Waals surface area contributed by atoms with Crippen LogP contribution in [0.4, 0.5) is 0 Å². The SMILES string of the molecule is CCNC(COC)CS(=O)(=O)c1ccc(C(C)(C)C)cc1. The minimum Gasteiger partial charge on any atom is -0.383 e. The summed E-state index contributed by atoms with van der Waals surface area (Å²) >= 11 is 0. The summed E-state index contributed by atoms with van der Waals surface area (Å²) in [6.07, 6.45) is 0. The fourth-order valence-electron chi connectivity index (χ4n) is 2.18. The molecule has 0 aromatic heterocycles. The summed E-state index contributed by atoms with van der Waals surface area (Å²) < 4.78 is 30.0. The maximum atomic E-state index is 12.5. The molecule has 120 valence electrons. The lowest BCUT2D eigenvalue weighted by Crippen LogP contribution is -2.39. The first kappa shape index (κ1) is 18.1. The zero-order valence-corrected chi connectivity index (χ0v) is 14.5. The van der Waals surface area contributed by atoms with Crippen molar-refractivity contribution in [2.45, 2.75) is 44.0 Å². The first-order valence-electron chi connectivity index (χ1n) is 7.26. The Kier molecular flexibility index (Phi) is 6.38. The third-order valence-corrected chi connectivity index (χ3v) is 5.19. The third-order valence-electron chi connectivity index (χ3n) is 3.36. The lowest BCUT2D eigenvalue weighted by atomic mass is 9.87. The van der Waals surface area contributed by atoms with Gasteiger partial charge >= 0.3 is 0 Å². The number of benzene rings is 1. The van der Waals surface area contributed by atoms with Gasteiger partial charge in [0.15, 0.2) is 9.84 Å². The minimum absolute atomic E-state index is 0.0185. The van der Waals surface area contributed by atoms with Gasteiger partial charge in [0, 0.05) is 13.2 Å². The van der Waals surface area contributed by atoms with Gasteiger partial charge in [-0.1, -0.05) is 39.8 Å². The van der Waals surface area contributed by atoms with Gasteiger partial charge in [-0.15, -0.1) is 0 Å². The van der Waals surface area contributed by atoms with E-state index >= 15 is 0 Å². The molecule has 0 aliphatic rings. The predicted molar refractivity (Wildman–Crippen MR) is 86.5 cm³/mol. The van der Waals surface area contributed by atoms with Gasteiger partial charge in [0.2, 0.25) is 0 Å². The van der Waals surface area contributed by atoms with Gasteiger partial charge in [0.1, 0.15) is 0 Å². The van der Waals surface area contributed by atoms with Crippen LogP contribution in [0.5, 0.6) is 0 Å². The molecule has 1 rings (SSSR count). The van der Waals surface area contributed by atoms with Gasteiger partial charge in [0.25, 0.3) is 0 Å². The summed E-state index contributed by atoms with van der Waals surface area (Å²) in [5.74, 6) is 0.0452. The predicted octanol–water partition coefficient (Wildman–Crippen LogP) is 2.38. The highest BCUT2D eigenvalue weighted by atomic mass is 32.2. The standard InChI is InChI=1S/C16H27NO3S/c1-6-17-14(11-20-5)12-21(18,19)15-9-7-13(8-10-15)16(2,3)4/h7-10,14,17H,6,11-12H2,1-5H3. The second-order valence-corrected chi connectivity index (χ2v) is 8.30. The molecular formula is C16H27NO3S. The molecule has 0 bridgehead atoms. The topological polar surface area (TPSA) is 55.4 Å². The normalized spacial score (nSPS) is 14.1. The van der Waals surface area contributed by atoms with Gasteiger partial charge in [-0.2, -0.15) is 0 Å². The Hall–Kier alpha value is -0.910. The van der Waals surface area contributed by atoms with Crippen molar-refractivity contribution < 1.29 is 13.2 Å². The molecule has 5 heteroatoms. The Morgan fingerprint density at radius 1 is 1.19 bits per heavy atom. The fourth-order valence-corrected chi connectivity index (χ4v) is 3.67. The van der Waals surface area contributed by atoms with E-state index in [1.807, 2.05) is 19.1 Å². The largest absolute Gasteiger partial charge is 0.383 e. The number of rotatable bonds is 7. The van der Waals surface area contributed by atoms with E-state index in [2.05, 4.69) is 26.1 Å².